The molecule has 0 bridgehead atoms. The molecule has 0 aromatic rings. The summed E-state index contributed by atoms with van der Waals surface area (Å²) in [6.45, 7) is 11.3. The van der Waals surface area contributed by atoms with Crippen molar-refractivity contribution in [3.8, 4) is 0 Å². The lowest BCUT2D eigenvalue weighted by molar-refractivity contribution is -0.419. The molecular formula is C20H37N3O3S. The number of hydrogen-bond donors (Lipinski definition) is 3. The number of aliphatic hydroxyl groups excluding tert-OH is 1. The van der Waals surface area contributed by atoms with E-state index in [1.165, 1.54) is 56.2 Å². The van der Waals surface area contributed by atoms with Crippen molar-refractivity contribution in [2.75, 3.05) is 13.1 Å². The Morgan fingerprint density at radius 1 is 1.26 bits per heavy atom. The standard InChI is InChI=1S/C20H37N3O3S/c1-5-7-8-9-11-17(3)21-15-10-12-20(24)16-22-27-18(4)13-14-19(6-2)23(25)26/h6,13-14,17,20-22,24H,4-5,7-12,15-16H2,1-3H3/b14-13-,19-6+. The van der Waals surface area contributed by atoms with Crippen molar-refractivity contribution in [1.82, 2.24) is 10.0 Å². The van der Waals surface area contributed by atoms with E-state index in [0.717, 1.165) is 19.4 Å². The van der Waals surface area contributed by atoms with E-state index in [1.54, 1.807) is 13.0 Å². The van der Waals surface area contributed by atoms with E-state index in [2.05, 4.69) is 30.5 Å². The average Bonchev–Trinajstić information content (AvgIpc) is 2.62. The van der Waals surface area contributed by atoms with Gasteiger partial charge in [-0.05, 0) is 63.8 Å². The van der Waals surface area contributed by atoms with Gasteiger partial charge in [0.05, 0.1) is 11.0 Å². The van der Waals surface area contributed by atoms with Crippen LogP contribution in [0.4, 0.5) is 0 Å². The third-order valence-electron chi connectivity index (χ3n) is 4.17. The molecule has 0 rings (SSSR count). The normalized spacial score (nSPS) is 14.4. The van der Waals surface area contributed by atoms with E-state index in [-0.39, 0.29) is 5.70 Å². The molecule has 0 aliphatic heterocycles. The molecule has 0 radical (unpaired) electrons. The molecule has 0 amide bonds. The zero-order valence-electron chi connectivity index (χ0n) is 17.1. The van der Waals surface area contributed by atoms with Gasteiger partial charge in [0.2, 0.25) is 0 Å². The molecule has 7 heteroatoms. The highest BCUT2D eigenvalue weighted by Crippen LogP contribution is 2.12. The molecule has 0 aliphatic rings. The summed E-state index contributed by atoms with van der Waals surface area (Å²) in [4.78, 5) is 10.9. The molecule has 2 unspecified atom stereocenters. The molecule has 3 N–H and O–H groups in total. The lowest BCUT2D eigenvalue weighted by Gasteiger charge is -2.15. The van der Waals surface area contributed by atoms with E-state index in [4.69, 9.17) is 0 Å². The van der Waals surface area contributed by atoms with Crippen LogP contribution in [-0.4, -0.2) is 35.3 Å². The molecule has 0 heterocycles. The number of rotatable bonds is 17. The summed E-state index contributed by atoms with van der Waals surface area (Å²) in [5.41, 5.74) is 0.0314. The molecule has 0 spiro atoms. The van der Waals surface area contributed by atoms with E-state index < -0.39 is 11.0 Å². The zero-order valence-corrected chi connectivity index (χ0v) is 17.9. The fourth-order valence-electron chi connectivity index (χ4n) is 2.47. The van der Waals surface area contributed by atoms with Crippen molar-refractivity contribution >= 4 is 11.9 Å². The van der Waals surface area contributed by atoms with Crippen LogP contribution in [0, 0.1) is 10.1 Å². The second-order valence-electron chi connectivity index (χ2n) is 6.72. The van der Waals surface area contributed by atoms with E-state index in [1.807, 2.05) is 0 Å². The summed E-state index contributed by atoms with van der Waals surface area (Å²) >= 11 is 1.27. The number of nitrogens with zero attached hydrogens (tertiary/aromatic N) is 1. The average molecular weight is 400 g/mol. The topological polar surface area (TPSA) is 87.4 Å². The Morgan fingerprint density at radius 2 is 2.00 bits per heavy atom. The number of nitro groups is 1. The Kier molecular flexibility index (Phi) is 16.3. The Labute approximate surface area is 168 Å². The van der Waals surface area contributed by atoms with Gasteiger partial charge in [-0.25, -0.2) is 0 Å². The first kappa shape index (κ1) is 25.9. The van der Waals surface area contributed by atoms with Gasteiger partial charge in [-0.1, -0.05) is 39.2 Å². The smallest absolute Gasteiger partial charge is 0.265 e. The van der Waals surface area contributed by atoms with Crippen molar-refractivity contribution in [2.45, 2.75) is 77.9 Å². The summed E-state index contributed by atoms with van der Waals surface area (Å²) in [7, 11) is 0. The van der Waals surface area contributed by atoms with Crippen molar-refractivity contribution in [3.63, 3.8) is 0 Å². The van der Waals surface area contributed by atoms with Crippen LogP contribution in [0.3, 0.4) is 0 Å². The van der Waals surface area contributed by atoms with Gasteiger partial charge >= 0.3 is 0 Å². The number of hydrogen-bond acceptors (Lipinski definition) is 6. The summed E-state index contributed by atoms with van der Waals surface area (Å²) in [5, 5.41) is 24.2. The Morgan fingerprint density at radius 3 is 2.63 bits per heavy atom. The zero-order chi connectivity index (χ0) is 20.5. The minimum Gasteiger partial charge on any atom is -0.392 e. The Balaban J connectivity index is 3.74. The lowest BCUT2D eigenvalue weighted by atomic mass is 10.1. The summed E-state index contributed by atoms with van der Waals surface area (Å²) in [6, 6.07) is 0.531. The van der Waals surface area contributed by atoms with Crippen LogP contribution in [0.1, 0.15) is 65.7 Å². The Bertz CT molecular complexity index is 481. The largest absolute Gasteiger partial charge is 0.392 e. The maximum atomic E-state index is 10.7. The third kappa shape index (κ3) is 15.6. The quantitative estimate of drug-likeness (QED) is 0.109. The SMILES string of the molecule is C=C(/C=C\C(=C/C)[N+](=O)[O-])SNCC(O)CCCNC(C)CCCCCC. The molecule has 27 heavy (non-hydrogen) atoms. The van der Waals surface area contributed by atoms with Gasteiger partial charge in [0.1, 0.15) is 0 Å². The van der Waals surface area contributed by atoms with Crippen LogP contribution in [0.15, 0.2) is 35.4 Å². The summed E-state index contributed by atoms with van der Waals surface area (Å²) in [6.07, 6.45) is 12.1. The molecule has 0 aromatic carbocycles. The minimum absolute atomic E-state index is 0.0314. The highest BCUT2D eigenvalue weighted by atomic mass is 32.2. The first-order valence-electron chi connectivity index (χ1n) is 9.89. The minimum atomic E-state index is -0.439. The van der Waals surface area contributed by atoms with Gasteiger partial charge in [-0.15, -0.1) is 0 Å². The van der Waals surface area contributed by atoms with Gasteiger partial charge in [-0.2, -0.15) is 0 Å². The van der Waals surface area contributed by atoms with Crippen LogP contribution in [0.2, 0.25) is 0 Å². The van der Waals surface area contributed by atoms with Crippen molar-refractivity contribution in [1.29, 1.82) is 0 Å². The Hall–Kier alpha value is -1.15. The number of allylic oxidation sites excluding steroid dienone is 3. The molecule has 2 atom stereocenters. The third-order valence-corrected chi connectivity index (χ3v) is 4.88. The molecule has 0 aliphatic carbocycles. The molecular weight excluding hydrogens is 362 g/mol. The summed E-state index contributed by atoms with van der Waals surface area (Å²) < 4.78 is 3.05. The maximum absolute atomic E-state index is 10.7. The van der Waals surface area contributed by atoms with Gasteiger partial charge in [0.25, 0.3) is 5.70 Å². The molecule has 0 aromatic heterocycles. The number of aliphatic hydroxyl groups is 1. The van der Waals surface area contributed by atoms with Crippen molar-refractivity contribution in [2.24, 2.45) is 0 Å². The second-order valence-corrected chi connectivity index (χ2v) is 7.74. The first-order valence-corrected chi connectivity index (χ1v) is 10.7. The van der Waals surface area contributed by atoms with Crippen LogP contribution in [0.5, 0.6) is 0 Å². The predicted molar refractivity (Wildman–Crippen MR) is 116 cm³/mol. The highest BCUT2D eigenvalue weighted by Gasteiger charge is 2.06. The summed E-state index contributed by atoms with van der Waals surface area (Å²) in [5.74, 6) is 0. The fourth-order valence-corrected chi connectivity index (χ4v) is 3.07. The second kappa shape index (κ2) is 17.0. The van der Waals surface area contributed by atoms with Gasteiger partial charge in [0, 0.05) is 23.6 Å². The van der Waals surface area contributed by atoms with Gasteiger partial charge in [-0.3, -0.25) is 14.8 Å². The van der Waals surface area contributed by atoms with Crippen LogP contribution in [-0.2, 0) is 0 Å². The van der Waals surface area contributed by atoms with Crippen molar-refractivity contribution < 1.29 is 10.0 Å². The maximum Gasteiger partial charge on any atom is 0.265 e. The lowest BCUT2D eigenvalue weighted by Crippen LogP contribution is -2.28. The fraction of sp³-hybridized carbons (Fsp3) is 0.700. The van der Waals surface area contributed by atoms with Gasteiger partial charge in [0.15, 0.2) is 0 Å². The van der Waals surface area contributed by atoms with Crippen LogP contribution >= 0.6 is 11.9 Å². The highest BCUT2D eigenvalue weighted by molar-refractivity contribution is 8.01. The van der Waals surface area contributed by atoms with Gasteiger partial charge < -0.3 is 10.4 Å². The first-order chi connectivity index (χ1) is 12.9. The molecule has 0 fully saturated rings. The van der Waals surface area contributed by atoms with Crippen LogP contribution in [0.25, 0.3) is 0 Å². The van der Waals surface area contributed by atoms with E-state index in [9.17, 15) is 15.2 Å². The number of nitrogens with one attached hydrogen (secondary N) is 2. The van der Waals surface area contributed by atoms with Crippen molar-refractivity contribution in [3.05, 3.63) is 45.5 Å². The predicted octanol–water partition coefficient (Wildman–Crippen LogP) is 4.56. The molecule has 0 saturated heterocycles. The monoisotopic (exact) mass is 399 g/mol. The van der Waals surface area contributed by atoms with E-state index in [0.29, 0.717) is 17.5 Å². The van der Waals surface area contributed by atoms with Crippen LogP contribution < -0.4 is 10.0 Å². The number of unbranched alkanes of at least 4 members (excludes halogenated alkanes) is 3. The van der Waals surface area contributed by atoms with E-state index >= 15 is 0 Å². The molecule has 156 valence electrons. The molecule has 6 nitrogen and oxygen atoms in total. The molecule has 0 saturated carbocycles.